The van der Waals surface area contributed by atoms with Crippen LogP contribution in [0.15, 0.2) is 29.3 Å². The van der Waals surface area contributed by atoms with Crippen LogP contribution in [-0.2, 0) is 4.74 Å². The first-order valence-electron chi connectivity index (χ1n) is 7.38. The third-order valence-electron chi connectivity index (χ3n) is 2.79. The highest BCUT2D eigenvalue weighted by atomic mass is 16.5. The molecule has 6 nitrogen and oxygen atoms in total. The van der Waals surface area contributed by atoms with Crippen molar-refractivity contribution in [2.75, 3.05) is 34.3 Å². The Labute approximate surface area is 132 Å². The van der Waals surface area contributed by atoms with Crippen LogP contribution in [0.5, 0.6) is 5.75 Å². The number of nitrogens with one attached hydrogen (secondary N) is 2. The molecule has 122 valence electrons. The third-order valence-corrected chi connectivity index (χ3v) is 2.79. The van der Waals surface area contributed by atoms with Gasteiger partial charge in [0, 0.05) is 5.56 Å². The van der Waals surface area contributed by atoms with E-state index in [1.807, 2.05) is 13.8 Å². The lowest BCUT2D eigenvalue weighted by atomic mass is 10.2. The minimum absolute atomic E-state index is 0.0541. The molecule has 0 aliphatic rings. The van der Waals surface area contributed by atoms with Gasteiger partial charge in [-0.05, 0) is 38.1 Å². The fourth-order valence-electron chi connectivity index (χ4n) is 1.62. The van der Waals surface area contributed by atoms with Crippen molar-refractivity contribution in [3.8, 4) is 5.75 Å². The number of amidine groups is 1. The van der Waals surface area contributed by atoms with Crippen LogP contribution >= 0.6 is 0 Å². The number of quaternary nitrogens is 1. The molecule has 0 aliphatic carbocycles. The van der Waals surface area contributed by atoms with Crippen molar-refractivity contribution in [3.05, 3.63) is 29.8 Å². The van der Waals surface area contributed by atoms with E-state index >= 15 is 0 Å². The van der Waals surface area contributed by atoms with Crippen LogP contribution in [0.4, 0.5) is 0 Å². The maximum Gasteiger partial charge on any atom is 0.292 e. The topological polar surface area (TPSA) is 64.4 Å². The fraction of sp³-hybridized carbons (Fsp3) is 0.500. The Hall–Kier alpha value is -2.08. The van der Waals surface area contributed by atoms with Crippen LogP contribution in [0.25, 0.3) is 0 Å². The van der Waals surface area contributed by atoms with Gasteiger partial charge in [0.2, 0.25) is 0 Å². The van der Waals surface area contributed by atoms with E-state index in [1.54, 1.807) is 31.4 Å². The highest BCUT2D eigenvalue weighted by Crippen LogP contribution is 2.11. The molecule has 1 amide bonds. The van der Waals surface area contributed by atoms with Crippen LogP contribution in [0.2, 0.25) is 0 Å². The highest BCUT2D eigenvalue weighted by molar-refractivity contribution is 6.04. The Morgan fingerprint density at radius 2 is 1.91 bits per heavy atom. The second-order valence-electron chi connectivity index (χ2n) is 5.49. The molecule has 22 heavy (non-hydrogen) atoms. The predicted molar refractivity (Wildman–Crippen MR) is 86.7 cm³/mol. The summed E-state index contributed by atoms with van der Waals surface area (Å²) in [6.45, 7) is 5.25. The zero-order chi connectivity index (χ0) is 16.5. The Balaban J connectivity index is 2.72. The van der Waals surface area contributed by atoms with Gasteiger partial charge in [-0.3, -0.25) is 10.1 Å². The van der Waals surface area contributed by atoms with Gasteiger partial charge in [-0.25, -0.2) is 4.99 Å². The van der Waals surface area contributed by atoms with Gasteiger partial charge in [0.1, 0.15) is 5.75 Å². The number of likely N-dealkylation sites (N-methyl/N-ethyl adjacent to an activating group) is 1. The van der Waals surface area contributed by atoms with Crippen LogP contribution < -0.4 is 15.0 Å². The molecular formula is C16H26N3O3+. The van der Waals surface area contributed by atoms with Crippen LogP contribution in [0.3, 0.4) is 0 Å². The first kappa shape index (κ1) is 18.0. The van der Waals surface area contributed by atoms with Gasteiger partial charge in [0.25, 0.3) is 11.9 Å². The Morgan fingerprint density at radius 1 is 1.27 bits per heavy atom. The predicted octanol–water partition coefficient (Wildman–Crippen LogP) is 0.351. The summed E-state index contributed by atoms with van der Waals surface area (Å²) in [6, 6.07) is 7.14. The maximum atomic E-state index is 12.2. The first-order chi connectivity index (χ1) is 10.4. The zero-order valence-electron chi connectivity index (χ0n) is 14.0. The van der Waals surface area contributed by atoms with Gasteiger partial charge in [-0.1, -0.05) is 0 Å². The van der Waals surface area contributed by atoms with Gasteiger partial charge in [-0.15, -0.1) is 0 Å². The molecule has 0 aliphatic heterocycles. The average Bonchev–Trinajstić information content (AvgIpc) is 2.46. The smallest absolute Gasteiger partial charge is 0.292 e. The van der Waals surface area contributed by atoms with Crippen molar-refractivity contribution >= 4 is 11.9 Å². The van der Waals surface area contributed by atoms with Gasteiger partial charge < -0.3 is 14.4 Å². The second-order valence-corrected chi connectivity index (χ2v) is 5.49. The molecule has 1 aromatic rings. The molecule has 0 spiro atoms. The lowest BCUT2D eigenvalue weighted by Gasteiger charge is -2.14. The Bertz CT molecular complexity index is 496. The molecule has 0 fully saturated rings. The molecule has 0 saturated carbocycles. The summed E-state index contributed by atoms with van der Waals surface area (Å²) in [7, 11) is 5.69. The number of hydrogen-bond donors (Lipinski definition) is 2. The van der Waals surface area contributed by atoms with E-state index in [2.05, 4.69) is 24.4 Å². The molecule has 1 rings (SSSR count). The third kappa shape index (κ3) is 6.58. The van der Waals surface area contributed by atoms with Gasteiger partial charge in [0.05, 0.1) is 40.4 Å². The van der Waals surface area contributed by atoms with E-state index in [0.717, 1.165) is 6.54 Å². The maximum absolute atomic E-state index is 12.2. The molecule has 0 heterocycles. The molecular weight excluding hydrogens is 282 g/mol. The number of aliphatic imine (C=N–C) groups is 1. The lowest BCUT2D eigenvalue weighted by molar-refractivity contribution is -0.856. The van der Waals surface area contributed by atoms with Crippen molar-refractivity contribution in [1.29, 1.82) is 0 Å². The summed E-state index contributed by atoms with van der Waals surface area (Å²) in [6.07, 6.45) is -0.0541. The monoisotopic (exact) mass is 308 g/mol. The van der Waals surface area contributed by atoms with Crippen LogP contribution in [0.1, 0.15) is 24.2 Å². The largest absolute Gasteiger partial charge is 0.497 e. The molecule has 0 bridgehead atoms. The minimum Gasteiger partial charge on any atom is -0.497 e. The van der Waals surface area contributed by atoms with Crippen molar-refractivity contribution < 1.29 is 19.2 Å². The van der Waals surface area contributed by atoms with Gasteiger partial charge in [0.15, 0.2) is 0 Å². The number of ether oxygens (including phenoxy) is 2. The van der Waals surface area contributed by atoms with E-state index in [4.69, 9.17) is 9.47 Å². The van der Waals surface area contributed by atoms with Gasteiger partial charge in [-0.2, -0.15) is 0 Å². The van der Waals surface area contributed by atoms with E-state index in [9.17, 15) is 4.79 Å². The number of carbonyl (C=O) groups is 1. The number of amides is 1. The quantitative estimate of drug-likeness (QED) is 0.589. The first-order valence-corrected chi connectivity index (χ1v) is 7.38. The summed E-state index contributed by atoms with van der Waals surface area (Å²) in [5.74, 6) is 0.456. The standard InChI is InChI=1S/C16H25N3O3/c1-12(2)22-16(17-10-11-19(3)4)18-15(20)13-6-8-14(21-5)9-7-13/h6-9,12H,10-11H2,1-5H3,(H,17,18,20)/p+1. The normalized spacial score (nSPS) is 11.7. The SMILES string of the molecule is COc1ccc(C(=O)NC(=NCC[NH+](C)C)OC(C)C)cc1. The molecule has 1 aromatic carbocycles. The van der Waals surface area contributed by atoms with Crippen molar-refractivity contribution in [1.82, 2.24) is 5.32 Å². The van der Waals surface area contributed by atoms with Crippen LogP contribution in [-0.4, -0.2) is 52.3 Å². The molecule has 2 N–H and O–H groups in total. The summed E-state index contributed by atoms with van der Waals surface area (Å²) >= 11 is 0. The number of methoxy groups -OCH3 is 1. The summed E-state index contributed by atoms with van der Waals surface area (Å²) in [5, 5.41) is 2.71. The highest BCUT2D eigenvalue weighted by Gasteiger charge is 2.11. The number of hydrogen-bond acceptors (Lipinski definition) is 4. The van der Waals surface area contributed by atoms with E-state index < -0.39 is 0 Å². The Kier molecular flexibility index (Phi) is 7.39. The molecule has 0 saturated heterocycles. The molecule has 0 radical (unpaired) electrons. The van der Waals surface area contributed by atoms with Crippen molar-refractivity contribution in [3.63, 3.8) is 0 Å². The van der Waals surface area contributed by atoms with E-state index in [1.165, 1.54) is 4.90 Å². The molecule has 0 aromatic heterocycles. The lowest BCUT2D eigenvalue weighted by Crippen LogP contribution is -3.06. The van der Waals surface area contributed by atoms with Crippen LogP contribution in [0, 0.1) is 0 Å². The number of rotatable bonds is 6. The average molecular weight is 308 g/mol. The van der Waals surface area contributed by atoms with Gasteiger partial charge >= 0.3 is 0 Å². The molecule has 6 heteroatoms. The zero-order valence-corrected chi connectivity index (χ0v) is 14.0. The second kappa shape index (κ2) is 9.04. The summed E-state index contributed by atoms with van der Waals surface area (Å²) in [5.41, 5.74) is 0.527. The molecule has 0 unspecified atom stereocenters. The molecule has 0 atom stereocenters. The van der Waals surface area contributed by atoms with E-state index in [-0.39, 0.29) is 18.0 Å². The number of benzene rings is 1. The fourth-order valence-corrected chi connectivity index (χ4v) is 1.62. The minimum atomic E-state index is -0.251. The summed E-state index contributed by atoms with van der Waals surface area (Å²) < 4.78 is 10.6. The summed E-state index contributed by atoms with van der Waals surface area (Å²) in [4.78, 5) is 17.8. The number of nitrogens with zero attached hydrogens (tertiary/aromatic N) is 1. The van der Waals surface area contributed by atoms with Crippen molar-refractivity contribution in [2.24, 2.45) is 4.99 Å². The Morgan fingerprint density at radius 3 is 2.41 bits per heavy atom. The number of carbonyl (C=O) groups excluding carboxylic acids is 1. The van der Waals surface area contributed by atoms with Crippen molar-refractivity contribution in [2.45, 2.75) is 20.0 Å². The van der Waals surface area contributed by atoms with E-state index in [0.29, 0.717) is 17.9 Å².